The average Bonchev–Trinajstić information content (AvgIpc) is 3.46. The standard InChI is InChI=1S/C32H28BrN3O3S/c33-25-15-17-27(28(19-25)35-32(40)36-30(37)24-9-5-2-6-10-24)31(38)34-20-26-16-18-29(39-26)23-13-11-22(12-14-23)21-7-3-1-4-8-21/h1-15,17,19,26,29H,16,18,20H2,(H,34,38)(H2,35,36,37,40). The van der Waals surface area contributed by atoms with Gasteiger partial charge in [0.1, 0.15) is 0 Å². The average molecular weight is 615 g/mol. The second-order valence-electron chi connectivity index (χ2n) is 9.49. The number of ether oxygens (including phenoxy) is 1. The molecule has 0 saturated carbocycles. The number of benzene rings is 4. The molecule has 0 aliphatic carbocycles. The van der Waals surface area contributed by atoms with E-state index >= 15 is 0 Å². The molecule has 2 amide bonds. The van der Waals surface area contributed by atoms with E-state index in [-0.39, 0.29) is 29.1 Å². The minimum atomic E-state index is -0.332. The quantitative estimate of drug-likeness (QED) is 0.198. The predicted octanol–water partition coefficient (Wildman–Crippen LogP) is 6.89. The van der Waals surface area contributed by atoms with E-state index in [9.17, 15) is 9.59 Å². The largest absolute Gasteiger partial charge is 0.368 e. The first kappa shape index (κ1) is 27.7. The van der Waals surface area contributed by atoms with Crippen LogP contribution in [-0.2, 0) is 4.74 Å². The summed E-state index contributed by atoms with van der Waals surface area (Å²) in [5.41, 5.74) is 4.87. The summed E-state index contributed by atoms with van der Waals surface area (Å²) in [4.78, 5) is 25.6. The number of rotatable bonds is 7. The van der Waals surface area contributed by atoms with E-state index in [1.54, 1.807) is 42.5 Å². The Hall–Kier alpha value is -3.85. The van der Waals surface area contributed by atoms with Gasteiger partial charge in [-0.25, -0.2) is 0 Å². The summed E-state index contributed by atoms with van der Waals surface area (Å²) >= 11 is 8.78. The molecule has 1 heterocycles. The molecule has 1 fully saturated rings. The predicted molar refractivity (Wildman–Crippen MR) is 165 cm³/mol. The number of anilines is 1. The van der Waals surface area contributed by atoms with Crippen molar-refractivity contribution >= 4 is 50.8 Å². The van der Waals surface area contributed by atoms with E-state index in [4.69, 9.17) is 17.0 Å². The lowest BCUT2D eigenvalue weighted by molar-refractivity contribution is 0.0436. The Bertz CT molecular complexity index is 1500. The molecule has 40 heavy (non-hydrogen) atoms. The van der Waals surface area contributed by atoms with Gasteiger partial charge in [0, 0.05) is 16.6 Å². The zero-order valence-electron chi connectivity index (χ0n) is 21.6. The zero-order valence-corrected chi connectivity index (χ0v) is 24.0. The van der Waals surface area contributed by atoms with Crippen molar-refractivity contribution in [3.63, 3.8) is 0 Å². The van der Waals surface area contributed by atoms with Crippen molar-refractivity contribution in [2.75, 3.05) is 11.9 Å². The van der Waals surface area contributed by atoms with Crippen LogP contribution in [0, 0.1) is 0 Å². The third-order valence-electron chi connectivity index (χ3n) is 6.72. The van der Waals surface area contributed by atoms with Crippen LogP contribution in [0.3, 0.4) is 0 Å². The van der Waals surface area contributed by atoms with Gasteiger partial charge in [-0.15, -0.1) is 0 Å². The number of amides is 2. The Morgan fingerprint density at radius 3 is 2.23 bits per heavy atom. The van der Waals surface area contributed by atoms with Crippen LogP contribution in [0.1, 0.15) is 45.2 Å². The minimum absolute atomic E-state index is 0.00207. The number of hydrogen-bond acceptors (Lipinski definition) is 4. The topological polar surface area (TPSA) is 79.5 Å². The highest BCUT2D eigenvalue weighted by molar-refractivity contribution is 9.10. The summed E-state index contributed by atoms with van der Waals surface area (Å²) in [7, 11) is 0. The van der Waals surface area contributed by atoms with Crippen LogP contribution in [-0.4, -0.2) is 29.6 Å². The summed E-state index contributed by atoms with van der Waals surface area (Å²) in [5, 5.41) is 8.73. The summed E-state index contributed by atoms with van der Waals surface area (Å²) in [6.07, 6.45) is 1.67. The van der Waals surface area contributed by atoms with Crippen molar-refractivity contribution in [1.82, 2.24) is 10.6 Å². The number of carbonyl (C=O) groups excluding carboxylic acids is 2. The third-order valence-corrected chi connectivity index (χ3v) is 7.42. The Labute approximate surface area is 247 Å². The molecule has 2 unspecified atom stereocenters. The minimum Gasteiger partial charge on any atom is -0.368 e. The van der Waals surface area contributed by atoms with Crippen LogP contribution in [0.4, 0.5) is 5.69 Å². The van der Waals surface area contributed by atoms with Crippen LogP contribution >= 0.6 is 28.1 Å². The first-order valence-corrected chi connectivity index (χ1v) is 14.2. The number of thiocarbonyl (C=S) groups is 1. The molecule has 0 radical (unpaired) electrons. The fourth-order valence-electron chi connectivity index (χ4n) is 4.66. The van der Waals surface area contributed by atoms with Gasteiger partial charge in [0.15, 0.2) is 5.11 Å². The highest BCUT2D eigenvalue weighted by Crippen LogP contribution is 2.33. The van der Waals surface area contributed by atoms with Crippen LogP contribution in [0.2, 0.25) is 0 Å². The van der Waals surface area contributed by atoms with Crippen molar-refractivity contribution in [1.29, 1.82) is 0 Å². The van der Waals surface area contributed by atoms with E-state index in [0.717, 1.165) is 22.9 Å². The van der Waals surface area contributed by atoms with E-state index < -0.39 is 0 Å². The molecule has 3 N–H and O–H groups in total. The molecule has 0 aromatic heterocycles. The van der Waals surface area contributed by atoms with Gasteiger partial charge in [-0.05, 0) is 72.1 Å². The van der Waals surface area contributed by atoms with Crippen LogP contribution in [0.15, 0.2) is 108 Å². The molecule has 1 aliphatic rings. The third kappa shape index (κ3) is 7.01. The molecule has 202 valence electrons. The highest BCUT2D eigenvalue weighted by Gasteiger charge is 2.27. The van der Waals surface area contributed by atoms with Gasteiger partial charge in [-0.3, -0.25) is 14.9 Å². The van der Waals surface area contributed by atoms with Gasteiger partial charge in [0.2, 0.25) is 0 Å². The van der Waals surface area contributed by atoms with Crippen molar-refractivity contribution < 1.29 is 14.3 Å². The molecule has 5 rings (SSSR count). The molecular weight excluding hydrogens is 586 g/mol. The Morgan fingerprint density at radius 2 is 1.50 bits per heavy atom. The first-order chi connectivity index (χ1) is 19.5. The van der Waals surface area contributed by atoms with Gasteiger partial charge >= 0.3 is 0 Å². The first-order valence-electron chi connectivity index (χ1n) is 13.0. The normalized spacial score (nSPS) is 16.2. The number of carbonyl (C=O) groups is 2. The lowest BCUT2D eigenvalue weighted by atomic mass is 10.0. The summed E-state index contributed by atoms with van der Waals surface area (Å²) in [5.74, 6) is -0.590. The monoisotopic (exact) mass is 613 g/mol. The molecule has 1 saturated heterocycles. The molecule has 0 spiro atoms. The second kappa shape index (κ2) is 13.0. The van der Waals surface area contributed by atoms with Crippen molar-refractivity contribution in [2.45, 2.75) is 25.0 Å². The van der Waals surface area contributed by atoms with Crippen LogP contribution in [0.5, 0.6) is 0 Å². The fraction of sp³-hybridized carbons (Fsp3) is 0.156. The second-order valence-corrected chi connectivity index (χ2v) is 10.8. The molecular formula is C32H28BrN3O3S. The maximum atomic E-state index is 13.1. The van der Waals surface area contributed by atoms with Gasteiger partial charge < -0.3 is 15.4 Å². The van der Waals surface area contributed by atoms with Crippen molar-refractivity contribution in [3.8, 4) is 11.1 Å². The van der Waals surface area contributed by atoms with Gasteiger partial charge in [0.05, 0.1) is 23.5 Å². The summed E-state index contributed by atoms with van der Waals surface area (Å²) < 4.78 is 7.04. The Balaban J connectivity index is 1.16. The van der Waals surface area contributed by atoms with E-state index in [1.807, 2.05) is 24.3 Å². The van der Waals surface area contributed by atoms with Crippen LogP contribution < -0.4 is 16.0 Å². The lowest BCUT2D eigenvalue weighted by Crippen LogP contribution is -2.36. The van der Waals surface area contributed by atoms with Gasteiger partial charge in [-0.1, -0.05) is 88.7 Å². The summed E-state index contributed by atoms with van der Waals surface area (Å²) in [6.45, 7) is 0.391. The van der Waals surface area contributed by atoms with E-state index in [1.165, 1.54) is 11.1 Å². The van der Waals surface area contributed by atoms with Gasteiger partial charge in [-0.2, -0.15) is 0 Å². The zero-order chi connectivity index (χ0) is 27.9. The Kier molecular flexibility index (Phi) is 9.01. The van der Waals surface area contributed by atoms with Crippen molar-refractivity contribution in [2.24, 2.45) is 0 Å². The number of hydrogen-bond donors (Lipinski definition) is 3. The van der Waals surface area contributed by atoms with E-state index in [0.29, 0.717) is 23.4 Å². The SMILES string of the molecule is O=C(NC(=S)Nc1cc(Br)ccc1C(=O)NCC1CCC(c2ccc(-c3ccccc3)cc2)O1)c1ccccc1. The maximum Gasteiger partial charge on any atom is 0.257 e. The molecule has 4 aromatic carbocycles. The molecule has 8 heteroatoms. The van der Waals surface area contributed by atoms with Gasteiger partial charge in [0.25, 0.3) is 11.8 Å². The lowest BCUT2D eigenvalue weighted by Gasteiger charge is -2.17. The highest BCUT2D eigenvalue weighted by atomic mass is 79.9. The molecule has 0 bridgehead atoms. The number of nitrogens with one attached hydrogen (secondary N) is 3. The molecule has 2 atom stereocenters. The summed E-state index contributed by atoms with van der Waals surface area (Å²) in [6, 6.07) is 32.8. The smallest absolute Gasteiger partial charge is 0.257 e. The fourth-order valence-corrected chi connectivity index (χ4v) is 5.22. The molecule has 4 aromatic rings. The number of halogens is 1. The van der Waals surface area contributed by atoms with Crippen molar-refractivity contribution in [3.05, 3.63) is 124 Å². The molecule has 6 nitrogen and oxygen atoms in total. The van der Waals surface area contributed by atoms with E-state index in [2.05, 4.69) is 68.3 Å². The Morgan fingerprint density at radius 1 is 0.825 bits per heavy atom. The van der Waals surface area contributed by atoms with Crippen LogP contribution in [0.25, 0.3) is 11.1 Å². The molecule has 1 aliphatic heterocycles. The maximum absolute atomic E-state index is 13.1.